The smallest absolute Gasteiger partial charge is 0.320 e. The van der Waals surface area contributed by atoms with Crippen molar-refractivity contribution in [1.29, 1.82) is 0 Å². The Hall–Kier alpha value is -0.870. The Labute approximate surface area is 107 Å². The van der Waals surface area contributed by atoms with Crippen LogP contribution in [0, 0.1) is 6.92 Å². The van der Waals surface area contributed by atoms with Crippen LogP contribution in [0.1, 0.15) is 44.2 Å². The van der Waals surface area contributed by atoms with E-state index >= 15 is 0 Å². The van der Waals surface area contributed by atoms with Gasteiger partial charge in [-0.05, 0) is 51.6 Å². The molecule has 1 aromatic heterocycles. The van der Waals surface area contributed by atoms with E-state index in [2.05, 4.69) is 30.6 Å². The maximum absolute atomic E-state index is 11.5. The van der Waals surface area contributed by atoms with Crippen LogP contribution in [0.2, 0.25) is 0 Å². The summed E-state index contributed by atoms with van der Waals surface area (Å²) in [5, 5.41) is 5.25. The van der Waals surface area contributed by atoms with Gasteiger partial charge in [0.05, 0.1) is 6.54 Å². The van der Waals surface area contributed by atoms with Gasteiger partial charge in [-0.25, -0.2) is 0 Å². The summed E-state index contributed by atoms with van der Waals surface area (Å²) in [4.78, 5) is 12.8. The molecule has 0 fully saturated rings. The largest absolute Gasteiger partial charge is 0.459 e. The minimum atomic E-state index is -0.416. The van der Waals surface area contributed by atoms with Crippen LogP contribution in [0.5, 0.6) is 0 Å². The van der Waals surface area contributed by atoms with E-state index < -0.39 is 5.60 Å². The second-order valence-electron chi connectivity index (χ2n) is 5.16. The molecule has 0 saturated heterocycles. The van der Waals surface area contributed by atoms with Crippen molar-refractivity contribution in [3.05, 3.63) is 21.9 Å². The first-order valence-corrected chi connectivity index (χ1v) is 6.67. The molecule has 1 rings (SSSR count). The lowest BCUT2D eigenvalue weighted by atomic mass is 10.2. The molecule has 1 heterocycles. The van der Waals surface area contributed by atoms with Gasteiger partial charge in [0.1, 0.15) is 5.60 Å². The van der Waals surface area contributed by atoms with Gasteiger partial charge >= 0.3 is 5.97 Å². The molecule has 4 heteroatoms. The van der Waals surface area contributed by atoms with Gasteiger partial charge in [0.15, 0.2) is 0 Å². The predicted molar refractivity (Wildman–Crippen MR) is 71.3 cm³/mol. The molecule has 96 valence electrons. The van der Waals surface area contributed by atoms with Gasteiger partial charge in [-0.15, -0.1) is 11.3 Å². The first kappa shape index (κ1) is 14.2. The number of hydrogen-bond acceptors (Lipinski definition) is 4. The highest BCUT2D eigenvalue weighted by Gasteiger charge is 2.17. The van der Waals surface area contributed by atoms with Gasteiger partial charge in [-0.1, -0.05) is 0 Å². The van der Waals surface area contributed by atoms with Crippen LogP contribution in [0.4, 0.5) is 0 Å². The van der Waals surface area contributed by atoms with Gasteiger partial charge in [0.2, 0.25) is 0 Å². The minimum absolute atomic E-state index is 0.183. The van der Waals surface area contributed by atoms with E-state index in [1.807, 2.05) is 20.8 Å². The summed E-state index contributed by atoms with van der Waals surface area (Å²) in [6, 6.07) is 2.27. The van der Waals surface area contributed by atoms with E-state index in [1.54, 1.807) is 11.3 Å². The fourth-order valence-electron chi connectivity index (χ4n) is 1.53. The standard InChI is InChI=1S/C13H21NO2S/c1-9-6-7-17-12(9)10(2)14-8-11(15)16-13(3,4)5/h6-7,10,14H,8H2,1-5H3. The van der Waals surface area contributed by atoms with Gasteiger partial charge < -0.3 is 4.74 Å². The quantitative estimate of drug-likeness (QED) is 0.840. The summed E-state index contributed by atoms with van der Waals surface area (Å²) >= 11 is 1.71. The van der Waals surface area contributed by atoms with Gasteiger partial charge in [-0.2, -0.15) is 0 Å². The second kappa shape index (κ2) is 5.65. The maximum atomic E-state index is 11.5. The lowest BCUT2D eigenvalue weighted by molar-refractivity contribution is -0.153. The normalized spacial score (nSPS) is 13.5. The molecule has 17 heavy (non-hydrogen) atoms. The average Bonchev–Trinajstić information content (AvgIpc) is 2.58. The second-order valence-corrected chi connectivity index (χ2v) is 6.10. The molecule has 0 aliphatic rings. The number of carbonyl (C=O) groups excluding carboxylic acids is 1. The zero-order valence-electron chi connectivity index (χ0n) is 11.2. The minimum Gasteiger partial charge on any atom is -0.459 e. The fourth-order valence-corrected chi connectivity index (χ4v) is 2.49. The Kier molecular flexibility index (Phi) is 4.71. The Morgan fingerprint density at radius 1 is 1.53 bits per heavy atom. The van der Waals surface area contributed by atoms with Crippen LogP contribution in [-0.4, -0.2) is 18.1 Å². The average molecular weight is 255 g/mol. The van der Waals surface area contributed by atoms with Crippen molar-refractivity contribution >= 4 is 17.3 Å². The van der Waals surface area contributed by atoms with E-state index in [1.165, 1.54) is 10.4 Å². The Bertz CT molecular complexity index is 379. The molecule has 1 N–H and O–H groups in total. The third-order valence-corrected chi connectivity index (χ3v) is 3.47. The summed E-state index contributed by atoms with van der Waals surface area (Å²) in [7, 11) is 0. The molecule has 0 aromatic carbocycles. The molecule has 0 bridgehead atoms. The van der Waals surface area contributed by atoms with E-state index in [0.29, 0.717) is 0 Å². The van der Waals surface area contributed by atoms with Crippen LogP contribution in [0.15, 0.2) is 11.4 Å². The summed E-state index contributed by atoms with van der Waals surface area (Å²) in [6.07, 6.45) is 0. The zero-order chi connectivity index (χ0) is 13.1. The number of hydrogen-bond donors (Lipinski definition) is 1. The van der Waals surface area contributed by atoms with Crippen molar-refractivity contribution in [1.82, 2.24) is 5.32 Å². The van der Waals surface area contributed by atoms with Crippen molar-refractivity contribution in [2.24, 2.45) is 0 Å². The van der Waals surface area contributed by atoms with Crippen molar-refractivity contribution in [3.8, 4) is 0 Å². The third kappa shape index (κ3) is 4.88. The van der Waals surface area contributed by atoms with Gasteiger partial charge in [0.25, 0.3) is 0 Å². The molecule has 0 saturated carbocycles. The Balaban J connectivity index is 2.41. The molecule has 0 amide bonds. The zero-order valence-corrected chi connectivity index (χ0v) is 12.0. The molecular weight excluding hydrogens is 234 g/mol. The molecule has 0 spiro atoms. The topological polar surface area (TPSA) is 38.3 Å². The van der Waals surface area contributed by atoms with E-state index in [0.717, 1.165) is 0 Å². The van der Waals surface area contributed by atoms with Crippen LogP contribution < -0.4 is 5.32 Å². The number of aryl methyl sites for hydroxylation is 1. The summed E-state index contributed by atoms with van der Waals surface area (Å²) in [5.74, 6) is -0.210. The number of ether oxygens (including phenoxy) is 1. The highest BCUT2D eigenvalue weighted by molar-refractivity contribution is 7.10. The van der Waals surface area contributed by atoms with Gasteiger partial charge in [-0.3, -0.25) is 10.1 Å². The van der Waals surface area contributed by atoms with Crippen LogP contribution in [-0.2, 0) is 9.53 Å². The van der Waals surface area contributed by atoms with E-state index in [4.69, 9.17) is 4.74 Å². The van der Waals surface area contributed by atoms with E-state index in [9.17, 15) is 4.79 Å². The molecule has 1 atom stereocenters. The highest BCUT2D eigenvalue weighted by atomic mass is 32.1. The Morgan fingerprint density at radius 2 is 2.18 bits per heavy atom. The molecule has 3 nitrogen and oxygen atoms in total. The SMILES string of the molecule is Cc1ccsc1C(C)NCC(=O)OC(C)(C)C. The van der Waals surface area contributed by atoms with Gasteiger partial charge in [0, 0.05) is 10.9 Å². The number of esters is 1. The maximum Gasteiger partial charge on any atom is 0.320 e. The number of thiophene rings is 1. The van der Waals surface area contributed by atoms with Crippen molar-refractivity contribution < 1.29 is 9.53 Å². The molecular formula is C13H21NO2S. The molecule has 0 aliphatic carbocycles. The first-order valence-electron chi connectivity index (χ1n) is 5.79. The van der Waals surface area contributed by atoms with Crippen molar-refractivity contribution in [2.75, 3.05) is 6.54 Å². The van der Waals surface area contributed by atoms with Crippen LogP contribution in [0.25, 0.3) is 0 Å². The predicted octanol–water partition coefficient (Wildman–Crippen LogP) is 3.05. The molecule has 1 aromatic rings. The van der Waals surface area contributed by atoms with Crippen molar-refractivity contribution in [3.63, 3.8) is 0 Å². The monoisotopic (exact) mass is 255 g/mol. The molecule has 0 aliphatic heterocycles. The van der Waals surface area contributed by atoms with E-state index in [-0.39, 0.29) is 18.6 Å². The number of rotatable bonds is 4. The summed E-state index contributed by atoms with van der Waals surface area (Å²) in [5.41, 5.74) is 0.847. The number of nitrogens with one attached hydrogen (secondary N) is 1. The lowest BCUT2D eigenvalue weighted by Gasteiger charge is -2.20. The first-order chi connectivity index (χ1) is 7.79. The fraction of sp³-hybridized carbons (Fsp3) is 0.615. The molecule has 0 radical (unpaired) electrons. The lowest BCUT2D eigenvalue weighted by Crippen LogP contribution is -2.32. The summed E-state index contributed by atoms with van der Waals surface area (Å²) < 4.78 is 5.24. The third-order valence-electron chi connectivity index (χ3n) is 2.27. The highest BCUT2D eigenvalue weighted by Crippen LogP contribution is 2.23. The van der Waals surface area contributed by atoms with Crippen LogP contribution >= 0.6 is 11.3 Å². The number of carbonyl (C=O) groups is 1. The summed E-state index contributed by atoms with van der Waals surface area (Å²) in [6.45, 7) is 10.0. The van der Waals surface area contributed by atoms with Crippen LogP contribution in [0.3, 0.4) is 0 Å². The Morgan fingerprint density at radius 3 is 2.65 bits per heavy atom. The van der Waals surface area contributed by atoms with Crippen molar-refractivity contribution in [2.45, 2.75) is 46.3 Å². The molecule has 1 unspecified atom stereocenters.